The number of likely N-dealkylation sites (tertiary alicyclic amines) is 1. The number of piperidine rings is 1. The van der Waals surface area contributed by atoms with Crippen molar-refractivity contribution < 1.29 is 0 Å². The quantitative estimate of drug-likeness (QED) is 0.789. The topological polar surface area (TPSA) is 66.8 Å². The van der Waals surface area contributed by atoms with E-state index in [1.165, 1.54) is 4.68 Å². The standard InChI is InChI=1S/C18H23N5O/c1-21-18(24)23(16-7-3-2-4-8-16)17(20-21)15-9-13-22(14-10-15)12-6-5-11-19/h2-4,7-8,15H,5-6,9-10,12-14H2,1H3. The Kier molecular flexibility index (Phi) is 5.11. The summed E-state index contributed by atoms with van der Waals surface area (Å²) >= 11 is 0. The first-order valence-electron chi connectivity index (χ1n) is 8.51. The molecule has 24 heavy (non-hydrogen) atoms. The van der Waals surface area contributed by atoms with E-state index in [0.29, 0.717) is 12.3 Å². The average molecular weight is 325 g/mol. The second kappa shape index (κ2) is 7.45. The lowest BCUT2D eigenvalue weighted by Gasteiger charge is -2.31. The van der Waals surface area contributed by atoms with E-state index in [-0.39, 0.29) is 5.69 Å². The smallest absolute Gasteiger partial charge is 0.303 e. The number of rotatable bonds is 5. The Morgan fingerprint density at radius 1 is 1.25 bits per heavy atom. The highest BCUT2D eigenvalue weighted by Crippen LogP contribution is 2.27. The molecule has 0 unspecified atom stereocenters. The van der Waals surface area contributed by atoms with Gasteiger partial charge in [-0.1, -0.05) is 18.2 Å². The fourth-order valence-corrected chi connectivity index (χ4v) is 3.36. The zero-order chi connectivity index (χ0) is 16.9. The van der Waals surface area contributed by atoms with Crippen LogP contribution in [0.25, 0.3) is 5.69 Å². The van der Waals surface area contributed by atoms with Crippen LogP contribution in [0.4, 0.5) is 0 Å². The number of hydrogen-bond donors (Lipinski definition) is 0. The second-order valence-corrected chi connectivity index (χ2v) is 6.31. The zero-order valence-corrected chi connectivity index (χ0v) is 14.1. The van der Waals surface area contributed by atoms with Crippen LogP contribution in [0.3, 0.4) is 0 Å². The summed E-state index contributed by atoms with van der Waals surface area (Å²) in [4.78, 5) is 14.9. The Morgan fingerprint density at radius 2 is 1.96 bits per heavy atom. The van der Waals surface area contributed by atoms with Gasteiger partial charge in [0.25, 0.3) is 0 Å². The second-order valence-electron chi connectivity index (χ2n) is 6.31. The van der Waals surface area contributed by atoms with Gasteiger partial charge in [-0.25, -0.2) is 14.0 Å². The van der Waals surface area contributed by atoms with Crippen molar-refractivity contribution >= 4 is 0 Å². The molecule has 1 aromatic carbocycles. The summed E-state index contributed by atoms with van der Waals surface area (Å²) < 4.78 is 3.18. The van der Waals surface area contributed by atoms with Crippen LogP contribution >= 0.6 is 0 Å². The highest BCUT2D eigenvalue weighted by molar-refractivity contribution is 5.32. The number of para-hydroxylation sites is 1. The number of aromatic nitrogens is 3. The number of benzene rings is 1. The fraction of sp³-hybridized carbons (Fsp3) is 0.500. The van der Waals surface area contributed by atoms with Gasteiger partial charge in [-0.2, -0.15) is 10.4 Å². The van der Waals surface area contributed by atoms with Gasteiger partial charge in [0.2, 0.25) is 0 Å². The molecule has 1 fully saturated rings. The molecular weight excluding hydrogens is 302 g/mol. The number of nitriles is 1. The number of unbranched alkanes of at least 4 members (excludes halogenated alkanes) is 1. The van der Waals surface area contributed by atoms with E-state index in [9.17, 15) is 4.79 Å². The van der Waals surface area contributed by atoms with Gasteiger partial charge in [-0.3, -0.25) is 0 Å². The predicted molar refractivity (Wildman–Crippen MR) is 92.1 cm³/mol. The summed E-state index contributed by atoms with van der Waals surface area (Å²) in [6, 6.07) is 11.9. The molecule has 0 spiro atoms. The van der Waals surface area contributed by atoms with E-state index >= 15 is 0 Å². The number of aryl methyl sites for hydroxylation is 1. The molecule has 0 N–H and O–H groups in total. The Balaban J connectivity index is 1.76. The fourth-order valence-electron chi connectivity index (χ4n) is 3.36. The minimum absolute atomic E-state index is 0.0901. The number of hydrogen-bond acceptors (Lipinski definition) is 4. The molecule has 6 heteroatoms. The molecule has 0 amide bonds. The maximum absolute atomic E-state index is 12.5. The van der Waals surface area contributed by atoms with Crippen molar-refractivity contribution in [2.75, 3.05) is 19.6 Å². The minimum atomic E-state index is -0.0901. The molecule has 2 heterocycles. The molecule has 1 saturated heterocycles. The van der Waals surface area contributed by atoms with Crippen molar-refractivity contribution in [3.63, 3.8) is 0 Å². The Labute approximate surface area is 141 Å². The van der Waals surface area contributed by atoms with Crippen molar-refractivity contribution in [3.05, 3.63) is 46.6 Å². The third kappa shape index (κ3) is 3.41. The summed E-state index contributed by atoms with van der Waals surface area (Å²) in [7, 11) is 1.71. The average Bonchev–Trinajstić information content (AvgIpc) is 2.92. The lowest BCUT2D eigenvalue weighted by molar-refractivity contribution is 0.207. The largest absolute Gasteiger partial charge is 0.350 e. The minimum Gasteiger partial charge on any atom is -0.303 e. The predicted octanol–water partition coefficient (Wildman–Crippen LogP) is 2.05. The first-order valence-corrected chi connectivity index (χ1v) is 8.51. The summed E-state index contributed by atoms with van der Waals surface area (Å²) in [5, 5.41) is 13.2. The van der Waals surface area contributed by atoms with Crippen LogP contribution in [-0.4, -0.2) is 38.9 Å². The first-order chi connectivity index (χ1) is 11.7. The Bertz CT molecular complexity index is 763. The van der Waals surface area contributed by atoms with Gasteiger partial charge in [0.15, 0.2) is 0 Å². The van der Waals surface area contributed by atoms with Crippen LogP contribution in [0.15, 0.2) is 35.1 Å². The highest BCUT2D eigenvalue weighted by Gasteiger charge is 2.26. The van der Waals surface area contributed by atoms with E-state index in [4.69, 9.17) is 5.26 Å². The van der Waals surface area contributed by atoms with Crippen LogP contribution in [0.2, 0.25) is 0 Å². The Hall–Kier alpha value is -2.39. The molecule has 0 bridgehead atoms. The third-order valence-electron chi connectivity index (χ3n) is 4.68. The van der Waals surface area contributed by atoms with Crippen LogP contribution in [0.1, 0.15) is 37.4 Å². The van der Waals surface area contributed by atoms with Crippen molar-refractivity contribution in [2.45, 2.75) is 31.6 Å². The van der Waals surface area contributed by atoms with Gasteiger partial charge in [-0.05, 0) is 51.0 Å². The van der Waals surface area contributed by atoms with Crippen molar-refractivity contribution in [3.8, 4) is 11.8 Å². The van der Waals surface area contributed by atoms with Crippen molar-refractivity contribution in [2.24, 2.45) is 7.05 Å². The van der Waals surface area contributed by atoms with Crippen molar-refractivity contribution in [1.82, 2.24) is 19.2 Å². The summed E-state index contributed by atoms with van der Waals surface area (Å²) in [6.07, 6.45) is 3.54. The van der Waals surface area contributed by atoms with Crippen molar-refractivity contribution in [1.29, 1.82) is 5.26 Å². The van der Waals surface area contributed by atoms with Gasteiger partial charge in [-0.15, -0.1) is 0 Å². The van der Waals surface area contributed by atoms with Gasteiger partial charge in [0.05, 0.1) is 11.8 Å². The van der Waals surface area contributed by atoms with E-state index in [1.54, 1.807) is 11.6 Å². The summed E-state index contributed by atoms with van der Waals surface area (Å²) in [5.74, 6) is 1.16. The lowest BCUT2D eigenvalue weighted by Crippen LogP contribution is -2.34. The van der Waals surface area contributed by atoms with E-state index in [2.05, 4.69) is 16.1 Å². The monoisotopic (exact) mass is 325 g/mol. The molecule has 1 aliphatic rings. The molecule has 3 rings (SSSR count). The van der Waals surface area contributed by atoms with Gasteiger partial charge >= 0.3 is 5.69 Å². The maximum atomic E-state index is 12.5. The molecule has 126 valence electrons. The molecule has 0 aliphatic carbocycles. The zero-order valence-electron chi connectivity index (χ0n) is 14.1. The molecule has 1 aliphatic heterocycles. The van der Waals surface area contributed by atoms with E-state index < -0.39 is 0 Å². The van der Waals surface area contributed by atoms with Crippen LogP contribution in [0, 0.1) is 11.3 Å². The first kappa shape index (κ1) is 16.5. The SMILES string of the molecule is Cn1nc(C2CCN(CCCC#N)CC2)n(-c2ccccc2)c1=O. The molecule has 2 aromatic rings. The van der Waals surface area contributed by atoms with Gasteiger partial charge < -0.3 is 4.90 Å². The number of nitrogens with zero attached hydrogens (tertiary/aromatic N) is 5. The van der Waals surface area contributed by atoms with Crippen LogP contribution in [-0.2, 0) is 7.05 Å². The van der Waals surface area contributed by atoms with E-state index in [1.807, 2.05) is 30.3 Å². The third-order valence-corrected chi connectivity index (χ3v) is 4.68. The molecule has 0 saturated carbocycles. The lowest BCUT2D eigenvalue weighted by atomic mass is 9.95. The molecule has 0 radical (unpaired) electrons. The molecule has 1 aromatic heterocycles. The molecule has 6 nitrogen and oxygen atoms in total. The van der Waals surface area contributed by atoms with Gasteiger partial charge in [0, 0.05) is 19.4 Å². The van der Waals surface area contributed by atoms with Gasteiger partial charge in [0.1, 0.15) is 5.82 Å². The van der Waals surface area contributed by atoms with Crippen LogP contribution in [0.5, 0.6) is 0 Å². The Morgan fingerprint density at radius 3 is 2.62 bits per heavy atom. The maximum Gasteiger partial charge on any atom is 0.350 e. The summed E-state index contributed by atoms with van der Waals surface area (Å²) in [5.41, 5.74) is 0.787. The summed E-state index contributed by atoms with van der Waals surface area (Å²) in [6.45, 7) is 2.97. The normalized spacial score (nSPS) is 16.2. The molecular formula is C18H23N5O. The van der Waals surface area contributed by atoms with E-state index in [0.717, 1.165) is 50.4 Å². The molecule has 0 atom stereocenters. The van der Waals surface area contributed by atoms with Crippen LogP contribution < -0.4 is 5.69 Å². The highest BCUT2D eigenvalue weighted by atomic mass is 16.2.